The Kier molecular flexibility index (Phi) is 78.5. The molecule has 29 nitrogen and oxygen atoms in total. The first-order chi connectivity index (χ1) is 41.3. The zero-order valence-corrected chi connectivity index (χ0v) is 61.7. The number of esters is 7. The fourth-order valence-corrected chi connectivity index (χ4v) is 4.50. The molecule has 0 saturated carbocycles. The van der Waals surface area contributed by atoms with Crippen molar-refractivity contribution in [3.63, 3.8) is 0 Å². The van der Waals surface area contributed by atoms with Gasteiger partial charge in [0.2, 0.25) is 11.2 Å². The maximum atomic E-state index is 12.3. The number of hydrogen-bond donors (Lipinski definition) is 1. The molecule has 3 rings (SSSR count). The summed E-state index contributed by atoms with van der Waals surface area (Å²) in [5.41, 5.74) is 4.08. The van der Waals surface area contributed by atoms with Crippen LogP contribution in [-0.4, -0.2) is 219 Å². The van der Waals surface area contributed by atoms with Crippen molar-refractivity contribution in [1.82, 2.24) is 9.80 Å². The summed E-state index contributed by atoms with van der Waals surface area (Å²) in [4.78, 5) is 123. The molecule has 1 saturated heterocycles. The summed E-state index contributed by atoms with van der Waals surface area (Å²) in [5, 5.41) is 18.4. The van der Waals surface area contributed by atoms with Crippen LogP contribution in [0.2, 0.25) is 0 Å². The first-order valence-corrected chi connectivity index (χ1v) is 26.8. The molecule has 1 fully saturated rings. The fourth-order valence-electron chi connectivity index (χ4n) is 4.41. The van der Waals surface area contributed by atoms with Gasteiger partial charge in [-0.2, -0.15) is 7.11 Å². The van der Waals surface area contributed by atoms with Gasteiger partial charge in [-0.05, 0) is 39.4 Å². The molecule has 90 heavy (non-hydrogen) atoms. The maximum absolute atomic E-state index is 12.3. The van der Waals surface area contributed by atoms with Gasteiger partial charge in [0.1, 0.15) is 48.9 Å². The summed E-state index contributed by atoms with van der Waals surface area (Å²) in [6.45, 7) is 12.7. The van der Waals surface area contributed by atoms with Gasteiger partial charge < -0.3 is 82.1 Å². The van der Waals surface area contributed by atoms with Crippen molar-refractivity contribution in [3.8, 4) is 5.75 Å². The summed E-state index contributed by atoms with van der Waals surface area (Å²) in [7, 11) is 21.2. The Morgan fingerprint density at radius 1 is 0.667 bits per heavy atom. The second-order valence-corrected chi connectivity index (χ2v) is 17.9. The third-order valence-corrected chi connectivity index (χ3v) is 9.50. The van der Waals surface area contributed by atoms with Crippen LogP contribution in [0.5, 0.6) is 5.75 Å². The van der Waals surface area contributed by atoms with Crippen LogP contribution in [0.1, 0.15) is 107 Å². The fraction of sp³-hybridized carbons (Fsp3) is 0.603. The topological polar surface area (TPSA) is 390 Å². The van der Waals surface area contributed by atoms with Crippen molar-refractivity contribution in [3.05, 3.63) is 75.5 Å². The number of ether oxygens (including phenoxy) is 12. The number of methoxy groups -OCH3 is 10. The third kappa shape index (κ3) is 63.0. The van der Waals surface area contributed by atoms with Gasteiger partial charge in [-0.15, -0.1) is 17.2 Å². The molecule has 1 aliphatic heterocycles. The molecule has 1 aliphatic rings. The molecule has 0 radical (unpaired) electrons. The number of alkyl halides is 1. The number of hydrogen-bond acceptors (Lipinski definition) is 29. The average molecular weight is 1330 g/mol. The number of nitrogens with two attached hydrogens (primary N) is 1. The van der Waals surface area contributed by atoms with Gasteiger partial charge in [-0.1, -0.05) is 65.0 Å². The second kappa shape index (κ2) is 68.2. The Morgan fingerprint density at radius 3 is 1.38 bits per heavy atom. The van der Waals surface area contributed by atoms with E-state index < -0.39 is 64.3 Å². The Hall–Kier alpha value is -5.22. The summed E-state index contributed by atoms with van der Waals surface area (Å²) in [5.74, 6) is -6.87. The van der Waals surface area contributed by atoms with Gasteiger partial charge in [-0.3, -0.25) is 33.7 Å². The van der Waals surface area contributed by atoms with E-state index in [1.54, 1.807) is 99.2 Å². The maximum Gasteiger partial charge on any atom is 1.00 e. The van der Waals surface area contributed by atoms with E-state index in [9.17, 15) is 57.8 Å². The van der Waals surface area contributed by atoms with Crippen molar-refractivity contribution in [2.75, 3.05) is 132 Å². The second-order valence-electron chi connectivity index (χ2n) is 17.6. The van der Waals surface area contributed by atoms with Gasteiger partial charge >= 0.3 is 101 Å². The molecule has 1 aromatic carbocycles. The predicted octanol–water partition coefficient (Wildman–Crippen LogP) is -3.37. The molecular formula is C58H96ClN3Na2O26. The van der Waals surface area contributed by atoms with Gasteiger partial charge in [0, 0.05) is 74.2 Å². The largest absolute Gasteiger partial charge is 1.00 e. The van der Waals surface area contributed by atoms with Crippen molar-refractivity contribution >= 4 is 70.7 Å². The molecule has 0 amide bonds. The number of benzene rings is 1. The van der Waals surface area contributed by atoms with E-state index in [2.05, 4.69) is 33.2 Å². The van der Waals surface area contributed by atoms with Gasteiger partial charge in [0.25, 0.3) is 5.76 Å². The van der Waals surface area contributed by atoms with E-state index in [1.165, 1.54) is 40.4 Å². The summed E-state index contributed by atoms with van der Waals surface area (Å²) >= 11 is 5.10. The number of halogens is 1. The van der Waals surface area contributed by atoms with E-state index in [-0.39, 0.29) is 125 Å². The third-order valence-electron chi connectivity index (χ3n) is 9.20. The number of rotatable bonds is 20. The Balaban J connectivity index is -0.000000123. The van der Waals surface area contributed by atoms with Crippen LogP contribution in [0.3, 0.4) is 0 Å². The van der Waals surface area contributed by atoms with Crippen LogP contribution >= 0.6 is 11.6 Å². The van der Waals surface area contributed by atoms with Crippen LogP contribution in [0.15, 0.2) is 57.6 Å². The van der Waals surface area contributed by atoms with Crippen molar-refractivity contribution < 1.29 is 179 Å². The zero-order chi connectivity index (χ0) is 70.0. The molecule has 0 spiro atoms. The van der Waals surface area contributed by atoms with Crippen molar-refractivity contribution in [1.29, 1.82) is 0 Å². The van der Waals surface area contributed by atoms with Crippen LogP contribution < -0.4 is 85.2 Å². The summed E-state index contributed by atoms with van der Waals surface area (Å²) in [6, 6.07) is 8.99. The van der Waals surface area contributed by atoms with Crippen molar-refractivity contribution in [2.24, 2.45) is 5.73 Å². The number of nitrogens with zero attached hydrogens (tertiary/aromatic N) is 2. The van der Waals surface area contributed by atoms with Gasteiger partial charge in [0.05, 0.1) is 55.6 Å². The molecule has 1 aromatic heterocycles. The molecule has 1 unspecified atom stereocenters. The molecule has 2 aromatic rings. The molecule has 2 N–H and O–H groups in total. The molecule has 0 aliphatic carbocycles. The monoisotopic (exact) mass is 1330 g/mol. The zero-order valence-electron chi connectivity index (χ0n) is 56.9. The molecule has 0 bridgehead atoms. The summed E-state index contributed by atoms with van der Waals surface area (Å²) < 4.78 is 59.7. The molecule has 2 heterocycles. The normalized spacial score (nSPS) is 10.6. The Morgan fingerprint density at radius 2 is 1.10 bits per heavy atom. The predicted molar refractivity (Wildman–Crippen MR) is 319 cm³/mol. The molecule has 32 heteroatoms. The number of Topliss-reactive ketones (excluding diaryl/α,β-unsaturated/α-hetero) is 3. The standard InChI is InChI=1S/C16H14O7.C9H15NO3.C6H10O3.C5H7ClO3.C5H13NO.C4H11NO2.C4H6O4.C4H8O.C4H9O.CH3O.2Na/c1-20-15(18)11-9-23-14(16(19)21-2)13(12(11)17)22-8-10-6-4-3-5-7-10;1-5-8(11)7(6-10(2)3)9(12)13-4;1-3-5(7)4-6(8)9-2;1-9-5(8)2-4(7)3-6;1-5(7-4)6(2)3;1-6-4(3-5)7-2;1-7-3(5)4(6)8-2;1-2-4-5-3-1;1-4(2,3)5;1-2;;/h3-7,9H,8H2,1-2H3;6H,5H2,1-4H3;3-4H2,1-2H3;2-3H2,1H3;5H,1-4H3;4H,3,5H2,1-2H3;1-2H3;1-4H2;1-3H3;1H3;;/q;;;;;;;;2*-1;2*+1/b;7-6-;;;;;;;;;;. The van der Waals surface area contributed by atoms with Crippen molar-refractivity contribution in [2.45, 2.75) is 105 Å². The number of carbonyl (C=O) groups excluding carboxylic acids is 10. The van der Waals surface area contributed by atoms with E-state index in [4.69, 9.17) is 50.5 Å². The smallest absolute Gasteiger partial charge is 0.857 e. The van der Waals surface area contributed by atoms with Crippen LogP contribution in [-0.2, 0) is 97.1 Å². The first kappa shape index (κ1) is 104. The molecule has 508 valence electrons. The van der Waals surface area contributed by atoms with E-state index in [1.807, 2.05) is 32.0 Å². The van der Waals surface area contributed by atoms with E-state index >= 15 is 0 Å². The quantitative estimate of drug-likeness (QED) is 0.0156. The molecule has 1 atom stereocenters. The average Bonchev–Trinajstić information content (AvgIpc) is 3.69. The van der Waals surface area contributed by atoms with Crippen LogP contribution in [0.4, 0.5) is 0 Å². The number of ketones is 3. The first-order valence-electron chi connectivity index (χ1n) is 26.3. The van der Waals surface area contributed by atoms with Crippen LogP contribution in [0, 0.1) is 0 Å². The minimum atomic E-state index is -0.979. The minimum Gasteiger partial charge on any atom is -0.857 e. The Bertz CT molecular complexity index is 2210. The van der Waals surface area contributed by atoms with E-state index in [0.29, 0.717) is 19.4 Å². The SMILES string of the molecule is C1CCOC1.CC(C)(C)[O-].CCC(=O)/C(=C/N(C)C)C(=O)OC.CCC(=O)CC(=O)OC.COC(=O)C(=O)OC.COC(=O)CC(=O)CCl.COC(=O)c1occ(C(=O)OC)c(=O)c1OCc1ccccc1.COC(C)N(C)C.COC(CN)OC.C[O-].[Na+].[Na+]. The summed E-state index contributed by atoms with van der Waals surface area (Å²) in [6.07, 6.45) is 5.25. The minimum absolute atomic E-state index is 0. The van der Waals surface area contributed by atoms with Crippen LogP contribution in [0.25, 0.3) is 0 Å². The van der Waals surface area contributed by atoms with Gasteiger partial charge in [-0.25, -0.2) is 24.0 Å². The molecular weight excluding hydrogens is 1240 g/mol. The number of carbonyl (C=O) groups is 10. The Labute approximate surface area is 579 Å². The van der Waals surface area contributed by atoms with E-state index in [0.717, 1.165) is 60.6 Å². The van der Waals surface area contributed by atoms with Gasteiger partial charge in [0.15, 0.2) is 17.9 Å².